The molecule has 0 spiro atoms. The summed E-state index contributed by atoms with van der Waals surface area (Å²) in [5.74, 6) is 0.627. The standard InChI is InChI=1S/C13H28N2O3S/c1-4-14-13(2,11-16)7-5-8-15(3)12-6-9-19(17,18)10-12/h12,14,16H,4-11H2,1-3H3. The lowest BCUT2D eigenvalue weighted by Crippen LogP contribution is -2.46. The number of nitrogens with one attached hydrogen (secondary N) is 1. The fourth-order valence-corrected chi connectivity index (χ4v) is 4.48. The molecule has 0 radical (unpaired) electrons. The van der Waals surface area contributed by atoms with Crippen LogP contribution in [0.3, 0.4) is 0 Å². The maximum Gasteiger partial charge on any atom is 0.151 e. The zero-order valence-corrected chi connectivity index (χ0v) is 13.2. The molecule has 0 aliphatic carbocycles. The molecule has 5 nitrogen and oxygen atoms in total. The summed E-state index contributed by atoms with van der Waals surface area (Å²) in [6.07, 6.45) is 2.60. The van der Waals surface area contributed by atoms with Crippen LogP contribution in [-0.4, -0.2) is 68.3 Å². The highest BCUT2D eigenvalue weighted by Crippen LogP contribution is 2.18. The summed E-state index contributed by atoms with van der Waals surface area (Å²) in [5.41, 5.74) is -0.225. The molecular formula is C13H28N2O3S. The first-order valence-corrected chi connectivity index (χ1v) is 8.90. The van der Waals surface area contributed by atoms with Crippen molar-refractivity contribution in [1.29, 1.82) is 0 Å². The molecule has 1 aliphatic rings. The number of likely N-dealkylation sites (N-methyl/N-ethyl adjacent to an activating group) is 1. The van der Waals surface area contributed by atoms with E-state index in [-0.39, 0.29) is 18.2 Å². The highest BCUT2D eigenvalue weighted by atomic mass is 32.2. The SMILES string of the molecule is CCNC(C)(CO)CCCN(C)C1CCS(=O)(=O)C1. The Labute approximate surface area is 117 Å². The van der Waals surface area contributed by atoms with Crippen LogP contribution in [0, 0.1) is 0 Å². The Balaban J connectivity index is 2.33. The van der Waals surface area contributed by atoms with Crippen molar-refractivity contribution in [3.63, 3.8) is 0 Å². The van der Waals surface area contributed by atoms with Crippen molar-refractivity contribution in [1.82, 2.24) is 10.2 Å². The van der Waals surface area contributed by atoms with E-state index in [4.69, 9.17) is 0 Å². The van der Waals surface area contributed by atoms with Crippen LogP contribution in [0.25, 0.3) is 0 Å². The molecular weight excluding hydrogens is 264 g/mol. The Bertz CT molecular complexity index is 372. The number of nitrogens with zero attached hydrogens (tertiary/aromatic N) is 1. The second kappa shape index (κ2) is 7.02. The number of sulfone groups is 1. The van der Waals surface area contributed by atoms with Crippen molar-refractivity contribution >= 4 is 9.84 Å². The minimum atomic E-state index is -2.80. The van der Waals surface area contributed by atoms with Crippen LogP contribution in [0.15, 0.2) is 0 Å². The minimum absolute atomic E-state index is 0.127. The van der Waals surface area contributed by atoms with Crippen molar-refractivity contribution < 1.29 is 13.5 Å². The Morgan fingerprint density at radius 3 is 2.63 bits per heavy atom. The third-order valence-corrected chi connectivity index (χ3v) is 5.77. The molecule has 2 unspecified atom stereocenters. The topological polar surface area (TPSA) is 69.6 Å². The highest BCUT2D eigenvalue weighted by Gasteiger charge is 2.30. The zero-order chi connectivity index (χ0) is 14.5. The molecule has 0 amide bonds. The van der Waals surface area contributed by atoms with Crippen LogP contribution >= 0.6 is 0 Å². The second-order valence-corrected chi connectivity index (χ2v) is 8.12. The average molecular weight is 292 g/mol. The zero-order valence-electron chi connectivity index (χ0n) is 12.4. The van der Waals surface area contributed by atoms with E-state index < -0.39 is 9.84 Å². The number of hydrogen-bond donors (Lipinski definition) is 2. The van der Waals surface area contributed by atoms with Gasteiger partial charge in [-0.2, -0.15) is 0 Å². The third kappa shape index (κ3) is 5.38. The van der Waals surface area contributed by atoms with E-state index in [0.29, 0.717) is 11.5 Å². The van der Waals surface area contributed by atoms with E-state index in [0.717, 1.165) is 32.4 Å². The molecule has 1 fully saturated rings. The molecule has 0 aromatic carbocycles. The van der Waals surface area contributed by atoms with Crippen molar-refractivity contribution in [2.24, 2.45) is 0 Å². The van der Waals surface area contributed by atoms with E-state index in [1.165, 1.54) is 0 Å². The van der Waals surface area contributed by atoms with Gasteiger partial charge in [-0.1, -0.05) is 6.92 Å². The van der Waals surface area contributed by atoms with Crippen LogP contribution in [0.4, 0.5) is 0 Å². The van der Waals surface area contributed by atoms with Gasteiger partial charge in [0, 0.05) is 11.6 Å². The van der Waals surface area contributed by atoms with Crippen molar-refractivity contribution in [3.8, 4) is 0 Å². The van der Waals surface area contributed by atoms with Crippen LogP contribution in [-0.2, 0) is 9.84 Å². The molecule has 1 aliphatic heterocycles. The van der Waals surface area contributed by atoms with Crippen LogP contribution in [0.1, 0.15) is 33.1 Å². The van der Waals surface area contributed by atoms with E-state index in [9.17, 15) is 13.5 Å². The van der Waals surface area contributed by atoms with Gasteiger partial charge in [0.25, 0.3) is 0 Å². The van der Waals surface area contributed by atoms with Gasteiger partial charge >= 0.3 is 0 Å². The predicted octanol–water partition coefficient (Wildman–Crippen LogP) is 0.246. The van der Waals surface area contributed by atoms with E-state index in [1.54, 1.807) is 0 Å². The van der Waals surface area contributed by atoms with Gasteiger partial charge in [0.2, 0.25) is 0 Å². The van der Waals surface area contributed by atoms with Gasteiger partial charge in [0.1, 0.15) is 0 Å². The molecule has 0 bridgehead atoms. The fourth-order valence-electron chi connectivity index (χ4n) is 2.67. The molecule has 19 heavy (non-hydrogen) atoms. The summed E-state index contributed by atoms with van der Waals surface area (Å²) in [6, 6.07) is 0.171. The van der Waals surface area contributed by atoms with Gasteiger partial charge < -0.3 is 15.3 Å². The molecule has 0 aromatic heterocycles. The van der Waals surface area contributed by atoms with E-state index in [2.05, 4.69) is 10.2 Å². The maximum absolute atomic E-state index is 11.4. The van der Waals surface area contributed by atoms with Crippen LogP contribution in [0.5, 0.6) is 0 Å². The van der Waals surface area contributed by atoms with Crippen molar-refractivity contribution in [2.75, 3.05) is 38.2 Å². The number of hydrogen-bond acceptors (Lipinski definition) is 5. The quantitative estimate of drug-likeness (QED) is 0.671. The lowest BCUT2D eigenvalue weighted by Gasteiger charge is -2.30. The largest absolute Gasteiger partial charge is 0.394 e. The smallest absolute Gasteiger partial charge is 0.151 e. The molecule has 2 N–H and O–H groups in total. The lowest BCUT2D eigenvalue weighted by atomic mass is 9.96. The fraction of sp³-hybridized carbons (Fsp3) is 1.00. The summed E-state index contributed by atoms with van der Waals surface area (Å²) in [5, 5.41) is 12.7. The number of aliphatic hydroxyl groups excluding tert-OH is 1. The van der Waals surface area contributed by atoms with Gasteiger partial charge in [-0.25, -0.2) is 8.42 Å². The third-order valence-electron chi connectivity index (χ3n) is 4.02. The Kier molecular flexibility index (Phi) is 6.23. The van der Waals surface area contributed by atoms with Gasteiger partial charge in [-0.05, 0) is 46.3 Å². The summed E-state index contributed by atoms with van der Waals surface area (Å²) < 4.78 is 22.9. The molecule has 0 saturated carbocycles. The normalized spacial score (nSPS) is 25.6. The Morgan fingerprint density at radius 2 is 2.16 bits per heavy atom. The Morgan fingerprint density at radius 1 is 1.47 bits per heavy atom. The van der Waals surface area contributed by atoms with E-state index in [1.807, 2.05) is 20.9 Å². The lowest BCUT2D eigenvalue weighted by molar-refractivity contribution is 0.157. The second-order valence-electron chi connectivity index (χ2n) is 5.89. The highest BCUT2D eigenvalue weighted by molar-refractivity contribution is 7.91. The summed E-state index contributed by atoms with van der Waals surface area (Å²) >= 11 is 0. The molecule has 1 rings (SSSR count). The monoisotopic (exact) mass is 292 g/mol. The van der Waals surface area contributed by atoms with Gasteiger partial charge in [0.05, 0.1) is 18.1 Å². The van der Waals surface area contributed by atoms with Gasteiger partial charge in [0.15, 0.2) is 9.84 Å². The van der Waals surface area contributed by atoms with Crippen molar-refractivity contribution in [3.05, 3.63) is 0 Å². The van der Waals surface area contributed by atoms with Gasteiger partial charge in [-0.3, -0.25) is 0 Å². The first kappa shape index (κ1) is 16.9. The first-order valence-electron chi connectivity index (χ1n) is 7.08. The molecule has 114 valence electrons. The van der Waals surface area contributed by atoms with Crippen LogP contribution in [0.2, 0.25) is 0 Å². The summed E-state index contributed by atoms with van der Waals surface area (Å²) in [4.78, 5) is 2.15. The van der Waals surface area contributed by atoms with Crippen LogP contribution < -0.4 is 5.32 Å². The Hall–Kier alpha value is -0.170. The molecule has 6 heteroatoms. The first-order chi connectivity index (χ1) is 8.82. The molecule has 0 aromatic rings. The molecule has 1 saturated heterocycles. The maximum atomic E-state index is 11.4. The summed E-state index contributed by atoms with van der Waals surface area (Å²) in [7, 11) is -0.806. The number of rotatable bonds is 8. The molecule has 2 atom stereocenters. The average Bonchev–Trinajstić information content (AvgIpc) is 2.70. The van der Waals surface area contributed by atoms with Crippen molar-refractivity contribution in [2.45, 2.75) is 44.7 Å². The number of aliphatic hydroxyl groups is 1. The predicted molar refractivity (Wildman–Crippen MR) is 78.1 cm³/mol. The van der Waals surface area contributed by atoms with Gasteiger partial charge in [-0.15, -0.1) is 0 Å². The molecule has 1 heterocycles. The summed E-state index contributed by atoms with van der Waals surface area (Å²) in [6.45, 7) is 5.90. The van der Waals surface area contributed by atoms with E-state index >= 15 is 0 Å². The minimum Gasteiger partial charge on any atom is -0.394 e.